The molecule has 0 aliphatic rings. The predicted molar refractivity (Wildman–Crippen MR) is 128 cm³/mol. The molecule has 0 fully saturated rings. The molecule has 0 atom stereocenters. The van der Waals surface area contributed by atoms with Gasteiger partial charge in [0.1, 0.15) is 29.3 Å². The molecule has 0 radical (unpaired) electrons. The molecule has 3 heterocycles. The summed E-state index contributed by atoms with van der Waals surface area (Å²) in [6.07, 6.45) is 2.57. The molecule has 7 nitrogen and oxygen atoms in total. The fourth-order valence-electron chi connectivity index (χ4n) is 3.45. The first-order valence-electron chi connectivity index (χ1n) is 10.4. The third-order valence-electron chi connectivity index (χ3n) is 5.08. The number of halogens is 1. The molecule has 0 bridgehead atoms. The number of nitrogens with one attached hydrogen (secondary N) is 1. The number of rotatable bonds is 6. The van der Waals surface area contributed by atoms with Crippen molar-refractivity contribution in [1.29, 1.82) is 0 Å². The highest BCUT2D eigenvalue weighted by atomic mass is 32.1. The number of carbonyl (C=O) groups is 1. The topological polar surface area (TPSA) is 93.7 Å². The highest BCUT2D eigenvalue weighted by Gasteiger charge is 2.17. The summed E-state index contributed by atoms with van der Waals surface area (Å²) >= 11 is 1.15. The number of aryl methyl sites for hydroxylation is 1. The minimum atomic E-state index is -0.605. The molecular weight excluding hydrogens is 453 g/mol. The molecule has 2 aromatic carbocycles. The fraction of sp³-hybridized carbons (Fsp3) is 0.0800. The standard InChI is InChI=1S/C25H18FN5O2S/c1-15-5-4-8-20(27-15)25-24(17-9-11-19-21(13-17)31-34-30-19)28-22(29-25)14-33-23(32)12-10-16-6-2-3-7-18(16)26/h2-13H,14H2,1H3,(H,28,29)/b12-10+. The van der Waals surface area contributed by atoms with Crippen molar-refractivity contribution < 1.29 is 13.9 Å². The zero-order chi connectivity index (χ0) is 23.5. The lowest BCUT2D eigenvalue weighted by molar-refractivity contribution is -0.139. The van der Waals surface area contributed by atoms with Crippen LogP contribution in [0, 0.1) is 12.7 Å². The van der Waals surface area contributed by atoms with E-state index in [4.69, 9.17) is 4.74 Å². The van der Waals surface area contributed by atoms with Crippen molar-refractivity contribution in [1.82, 2.24) is 23.7 Å². The average molecular weight is 472 g/mol. The maximum atomic E-state index is 13.7. The smallest absolute Gasteiger partial charge is 0.331 e. The summed E-state index contributed by atoms with van der Waals surface area (Å²) in [7, 11) is 0. The van der Waals surface area contributed by atoms with Crippen LogP contribution in [0.25, 0.3) is 39.8 Å². The lowest BCUT2D eigenvalue weighted by Gasteiger charge is -2.03. The molecular formula is C25H18FN5O2S. The van der Waals surface area contributed by atoms with Gasteiger partial charge < -0.3 is 9.72 Å². The Hall–Kier alpha value is -4.24. The van der Waals surface area contributed by atoms with Gasteiger partial charge in [-0.05, 0) is 43.3 Å². The fourth-order valence-corrected chi connectivity index (χ4v) is 3.97. The number of aromatic nitrogens is 5. The van der Waals surface area contributed by atoms with E-state index in [1.807, 2.05) is 43.3 Å². The number of fused-ring (bicyclic) bond motifs is 1. The van der Waals surface area contributed by atoms with Gasteiger partial charge in [-0.1, -0.05) is 30.3 Å². The zero-order valence-corrected chi connectivity index (χ0v) is 18.8. The Bertz CT molecular complexity index is 1520. The number of benzene rings is 2. The molecule has 3 aromatic heterocycles. The van der Waals surface area contributed by atoms with Crippen molar-refractivity contribution in [2.75, 3.05) is 0 Å². The second-order valence-electron chi connectivity index (χ2n) is 7.50. The van der Waals surface area contributed by atoms with Crippen LogP contribution in [-0.4, -0.2) is 29.7 Å². The number of imidazole rings is 1. The van der Waals surface area contributed by atoms with Crippen LogP contribution in [0.15, 0.2) is 66.7 Å². The van der Waals surface area contributed by atoms with E-state index >= 15 is 0 Å². The number of aromatic amines is 1. The number of nitrogens with zero attached hydrogens (tertiary/aromatic N) is 4. The lowest BCUT2D eigenvalue weighted by Crippen LogP contribution is -2.02. The highest BCUT2D eigenvalue weighted by molar-refractivity contribution is 7.00. The van der Waals surface area contributed by atoms with Crippen molar-refractivity contribution in [3.8, 4) is 22.6 Å². The molecule has 9 heteroatoms. The van der Waals surface area contributed by atoms with Crippen LogP contribution in [-0.2, 0) is 16.1 Å². The molecule has 0 amide bonds. The number of H-pyrrole nitrogens is 1. The van der Waals surface area contributed by atoms with Crippen LogP contribution in [0.4, 0.5) is 4.39 Å². The molecule has 0 spiro atoms. The molecule has 5 rings (SSSR count). The third-order valence-corrected chi connectivity index (χ3v) is 5.64. The molecule has 0 saturated heterocycles. The summed E-state index contributed by atoms with van der Waals surface area (Å²) in [6.45, 7) is 1.83. The van der Waals surface area contributed by atoms with Gasteiger partial charge in [0.05, 0.1) is 28.8 Å². The maximum Gasteiger partial charge on any atom is 0.331 e. The quantitative estimate of drug-likeness (QED) is 0.265. The number of carbonyl (C=O) groups excluding carboxylic acids is 1. The first-order chi connectivity index (χ1) is 16.6. The van der Waals surface area contributed by atoms with Crippen LogP contribution >= 0.6 is 11.7 Å². The number of esters is 1. The molecule has 0 unspecified atom stereocenters. The Morgan fingerprint density at radius 1 is 1.06 bits per heavy atom. The van der Waals surface area contributed by atoms with E-state index in [0.29, 0.717) is 22.8 Å². The Morgan fingerprint density at radius 2 is 1.91 bits per heavy atom. The van der Waals surface area contributed by atoms with Crippen molar-refractivity contribution in [3.05, 3.63) is 89.6 Å². The third kappa shape index (κ3) is 4.60. The second kappa shape index (κ2) is 9.32. The summed E-state index contributed by atoms with van der Waals surface area (Å²) in [6, 6.07) is 17.6. The Kier molecular flexibility index (Phi) is 5.92. The van der Waals surface area contributed by atoms with Gasteiger partial charge in [-0.15, -0.1) is 0 Å². The minimum Gasteiger partial charge on any atom is -0.454 e. The first kappa shape index (κ1) is 21.6. The van der Waals surface area contributed by atoms with Gasteiger partial charge in [0.25, 0.3) is 0 Å². The number of ether oxygens (including phenoxy) is 1. The van der Waals surface area contributed by atoms with Crippen molar-refractivity contribution in [2.24, 2.45) is 0 Å². The molecule has 1 N–H and O–H groups in total. The zero-order valence-electron chi connectivity index (χ0n) is 18.0. The van der Waals surface area contributed by atoms with E-state index in [-0.39, 0.29) is 6.61 Å². The molecule has 0 aliphatic carbocycles. The van der Waals surface area contributed by atoms with Crippen LogP contribution in [0.3, 0.4) is 0 Å². The minimum absolute atomic E-state index is 0.0836. The summed E-state index contributed by atoms with van der Waals surface area (Å²) in [5, 5.41) is 0. The van der Waals surface area contributed by atoms with Crippen LogP contribution in [0.2, 0.25) is 0 Å². The average Bonchev–Trinajstić information content (AvgIpc) is 3.49. The van der Waals surface area contributed by atoms with Gasteiger partial charge in [0.2, 0.25) is 0 Å². The molecule has 34 heavy (non-hydrogen) atoms. The summed E-state index contributed by atoms with van der Waals surface area (Å²) < 4.78 is 27.6. The SMILES string of the molecule is Cc1cccc(-c2[nH]c(COC(=O)/C=C/c3ccccc3F)nc2-c2ccc3nsnc3c2)n1. The predicted octanol–water partition coefficient (Wildman–Crippen LogP) is 5.35. The highest BCUT2D eigenvalue weighted by Crippen LogP contribution is 2.31. The summed E-state index contributed by atoms with van der Waals surface area (Å²) in [5.41, 5.74) is 5.70. The molecule has 0 saturated carbocycles. The van der Waals surface area contributed by atoms with E-state index < -0.39 is 11.8 Å². The monoisotopic (exact) mass is 471 g/mol. The Morgan fingerprint density at radius 3 is 2.76 bits per heavy atom. The van der Waals surface area contributed by atoms with Gasteiger partial charge in [-0.3, -0.25) is 4.98 Å². The molecule has 5 aromatic rings. The van der Waals surface area contributed by atoms with E-state index in [9.17, 15) is 9.18 Å². The van der Waals surface area contributed by atoms with E-state index in [0.717, 1.165) is 39.7 Å². The number of pyridine rings is 1. The van der Waals surface area contributed by atoms with E-state index in [1.165, 1.54) is 18.2 Å². The van der Waals surface area contributed by atoms with E-state index in [2.05, 4.69) is 23.7 Å². The van der Waals surface area contributed by atoms with Gasteiger partial charge in [-0.25, -0.2) is 14.2 Å². The van der Waals surface area contributed by atoms with Crippen LogP contribution in [0.1, 0.15) is 17.1 Å². The molecule has 0 aliphatic heterocycles. The van der Waals surface area contributed by atoms with Crippen LogP contribution < -0.4 is 0 Å². The van der Waals surface area contributed by atoms with Crippen molar-refractivity contribution in [2.45, 2.75) is 13.5 Å². The Balaban J connectivity index is 1.42. The van der Waals surface area contributed by atoms with Crippen molar-refractivity contribution >= 4 is 34.8 Å². The Labute approximate surface area is 198 Å². The molecule has 168 valence electrons. The second-order valence-corrected chi connectivity index (χ2v) is 8.03. The van der Waals surface area contributed by atoms with Gasteiger partial charge in [0.15, 0.2) is 0 Å². The van der Waals surface area contributed by atoms with Gasteiger partial charge in [0, 0.05) is 22.9 Å². The number of hydrogen-bond acceptors (Lipinski definition) is 7. The summed E-state index contributed by atoms with van der Waals surface area (Å²) in [5.74, 6) is -0.561. The summed E-state index contributed by atoms with van der Waals surface area (Å²) in [4.78, 5) is 24.7. The van der Waals surface area contributed by atoms with Gasteiger partial charge in [-0.2, -0.15) is 8.75 Å². The van der Waals surface area contributed by atoms with Crippen LogP contribution in [0.5, 0.6) is 0 Å². The lowest BCUT2D eigenvalue weighted by atomic mass is 10.1. The first-order valence-corrected chi connectivity index (χ1v) is 11.1. The maximum absolute atomic E-state index is 13.7. The largest absolute Gasteiger partial charge is 0.454 e. The van der Waals surface area contributed by atoms with E-state index in [1.54, 1.807) is 18.2 Å². The van der Waals surface area contributed by atoms with Gasteiger partial charge >= 0.3 is 5.97 Å². The van der Waals surface area contributed by atoms with Crippen molar-refractivity contribution in [3.63, 3.8) is 0 Å². The normalized spacial score (nSPS) is 11.4. The number of hydrogen-bond donors (Lipinski definition) is 1.